The molecule has 0 aliphatic carbocycles. The van der Waals surface area contributed by atoms with Gasteiger partial charge in [-0.2, -0.15) is 0 Å². The van der Waals surface area contributed by atoms with E-state index < -0.39 is 0 Å². The second kappa shape index (κ2) is 9.95. The van der Waals surface area contributed by atoms with Crippen LogP contribution in [0.2, 0.25) is 0 Å². The van der Waals surface area contributed by atoms with Gasteiger partial charge >= 0.3 is 0 Å². The van der Waals surface area contributed by atoms with Crippen LogP contribution in [-0.2, 0) is 11.2 Å². The summed E-state index contributed by atoms with van der Waals surface area (Å²) in [6.45, 7) is 7.78. The fraction of sp³-hybridized carbons (Fsp3) is 0.474. The Hall–Kier alpha value is -1.56. The molecule has 0 radical (unpaired) electrons. The summed E-state index contributed by atoms with van der Waals surface area (Å²) in [5.41, 5.74) is 1.89. The van der Waals surface area contributed by atoms with Gasteiger partial charge in [-0.25, -0.2) is 4.98 Å². The van der Waals surface area contributed by atoms with Crippen LogP contribution in [0, 0.1) is 6.92 Å². The lowest BCUT2D eigenvalue weighted by atomic mass is 10.1. The highest BCUT2D eigenvalue weighted by Gasteiger charge is 2.28. The van der Waals surface area contributed by atoms with Crippen molar-refractivity contribution in [2.45, 2.75) is 45.7 Å². The number of hydrogen-bond acceptors (Lipinski definition) is 4. The van der Waals surface area contributed by atoms with E-state index in [1.807, 2.05) is 42.2 Å². The summed E-state index contributed by atoms with van der Waals surface area (Å²) < 4.78 is 5.89. The van der Waals surface area contributed by atoms with Crippen LogP contribution >= 0.6 is 24.8 Å². The van der Waals surface area contributed by atoms with Crippen LogP contribution in [0.25, 0.3) is 11.3 Å². The van der Waals surface area contributed by atoms with Gasteiger partial charge in [0.1, 0.15) is 0 Å². The lowest BCUT2D eigenvalue weighted by Crippen LogP contribution is -2.57. The minimum atomic E-state index is 0. The molecule has 0 spiro atoms. The minimum Gasteiger partial charge on any atom is -0.440 e. The number of aromatic nitrogens is 1. The molecule has 7 heteroatoms. The van der Waals surface area contributed by atoms with Crippen LogP contribution in [0.15, 0.2) is 34.7 Å². The number of amides is 1. The summed E-state index contributed by atoms with van der Waals surface area (Å²) in [4.78, 5) is 19.0. The van der Waals surface area contributed by atoms with E-state index in [4.69, 9.17) is 4.42 Å². The fourth-order valence-electron chi connectivity index (χ4n) is 3.18. The quantitative estimate of drug-likeness (QED) is 0.852. The molecule has 2 heterocycles. The van der Waals surface area contributed by atoms with Crippen molar-refractivity contribution in [1.82, 2.24) is 15.2 Å². The van der Waals surface area contributed by atoms with Gasteiger partial charge in [-0.3, -0.25) is 4.79 Å². The summed E-state index contributed by atoms with van der Waals surface area (Å²) >= 11 is 0. The topological polar surface area (TPSA) is 58.4 Å². The molecule has 1 aromatic heterocycles. The van der Waals surface area contributed by atoms with Gasteiger partial charge in [0.15, 0.2) is 11.7 Å². The average Bonchev–Trinajstić information content (AvgIpc) is 2.97. The highest BCUT2D eigenvalue weighted by Crippen LogP contribution is 2.24. The first-order valence-electron chi connectivity index (χ1n) is 8.61. The zero-order valence-electron chi connectivity index (χ0n) is 15.4. The van der Waals surface area contributed by atoms with Gasteiger partial charge in [0.05, 0.1) is 5.69 Å². The Balaban J connectivity index is 0.00000169. The SMILES string of the molecule is Cc1nc(CCC(=O)N2CCNC(C)C2C)oc1-c1ccccc1.Cl.Cl. The van der Waals surface area contributed by atoms with Crippen molar-refractivity contribution in [3.63, 3.8) is 0 Å². The number of aryl methyl sites for hydroxylation is 2. The van der Waals surface area contributed by atoms with Gasteiger partial charge in [0.2, 0.25) is 5.91 Å². The second-order valence-corrected chi connectivity index (χ2v) is 6.46. The molecule has 1 aliphatic heterocycles. The second-order valence-electron chi connectivity index (χ2n) is 6.46. The molecule has 1 fully saturated rings. The van der Waals surface area contributed by atoms with Crippen LogP contribution in [0.1, 0.15) is 31.9 Å². The number of nitrogens with zero attached hydrogens (tertiary/aromatic N) is 2. The van der Waals surface area contributed by atoms with Crippen molar-refractivity contribution in [2.24, 2.45) is 0 Å². The van der Waals surface area contributed by atoms with E-state index in [9.17, 15) is 4.79 Å². The fourth-order valence-corrected chi connectivity index (χ4v) is 3.18. The third kappa shape index (κ3) is 5.00. The molecule has 26 heavy (non-hydrogen) atoms. The van der Waals surface area contributed by atoms with E-state index in [0.29, 0.717) is 24.8 Å². The highest BCUT2D eigenvalue weighted by molar-refractivity contribution is 5.85. The number of halogens is 2. The lowest BCUT2D eigenvalue weighted by Gasteiger charge is -2.38. The molecule has 0 bridgehead atoms. The predicted octanol–water partition coefficient (Wildman–Crippen LogP) is 3.64. The predicted molar refractivity (Wildman–Crippen MR) is 108 cm³/mol. The molecular weight excluding hydrogens is 373 g/mol. The van der Waals surface area contributed by atoms with Gasteiger partial charge in [0, 0.05) is 43.6 Å². The van der Waals surface area contributed by atoms with Gasteiger partial charge in [0.25, 0.3) is 0 Å². The van der Waals surface area contributed by atoms with Gasteiger partial charge < -0.3 is 14.6 Å². The molecule has 1 amide bonds. The average molecular weight is 400 g/mol. The maximum Gasteiger partial charge on any atom is 0.223 e. The number of nitrogens with one attached hydrogen (secondary N) is 1. The first-order chi connectivity index (χ1) is 11.6. The molecule has 1 saturated heterocycles. The number of carbonyl (C=O) groups is 1. The van der Waals surface area contributed by atoms with Crippen LogP contribution in [0.4, 0.5) is 0 Å². The number of carbonyl (C=O) groups excluding carboxylic acids is 1. The normalized spacial score (nSPS) is 19.4. The van der Waals surface area contributed by atoms with E-state index >= 15 is 0 Å². The molecule has 0 saturated carbocycles. The van der Waals surface area contributed by atoms with Gasteiger partial charge in [-0.05, 0) is 20.8 Å². The van der Waals surface area contributed by atoms with Crippen LogP contribution < -0.4 is 5.32 Å². The molecule has 1 aliphatic rings. The summed E-state index contributed by atoms with van der Waals surface area (Å²) in [5, 5.41) is 3.39. The Bertz CT molecular complexity index is 706. The van der Waals surface area contributed by atoms with Crippen molar-refractivity contribution in [2.75, 3.05) is 13.1 Å². The lowest BCUT2D eigenvalue weighted by molar-refractivity contribution is -0.134. The molecule has 5 nitrogen and oxygen atoms in total. The molecule has 2 atom stereocenters. The van der Waals surface area contributed by atoms with E-state index in [2.05, 4.69) is 24.1 Å². The molecule has 3 rings (SSSR count). The number of benzene rings is 1. The van der Waals surface area contributed by atoms with Crippen LogP contribution in [0.5, 0.6) is 0 Å². The van der Waals surface area contributed by atoms with E-state index in [0.717, 1.165) is 30.1 Å². The van der Waals surface area contributed by atoms with E-state index in [1.54, 1.807) is 0 Å². The maximum atomic E-state index is 12.5. The number of hydrogen-bond donors (Lipinski definition) is 1. The monoisotopic (exact) mass is 399 g/mol. The summed E-state index contributed by atoms with van der Waals surface area (Å²) in [6, 6.07) is 10.5. The van der Waals surface area contributed by atoms with Crippen molar-refractivity contribution in [1.29, 1.82) is 0 Å². The van der Waals surface area contributed by atoms with Crippen LogP contribution in [-0.4, -0.2) is 41.0 Å². The third-order valence-corrected chi connectivity index (χ3v) is 4.78. The summed E-state index contributed by atoms with van der Waals surface area (Å²) in [6.07, 6.45) is 0.975. The van der Waals surface area contributed by atoms with Crippen molar-refractivity contribution in [3.8, 4) is 11.3 Å². The van der Waals surface area contributed by atoms with Gasteiger partial charge in [-0.15, -0.1) is 24.8 Å². The van der Waals surface area contributed by atoms with Crippen molar-refractivity contribution in [3.05, 3.63) is 41.9 Å². The molecule has 144 valence electrons. The first-order valence-corrected chi connectivity index (χ1v) is 8.61. The molecule has 2 aromatic rings. The highest BCUT2D eigenvalue weighted by atomic mass is 35.5. The van der Waals surface area contributed by atoms with Crippen molar-refractivity contribution < 1.29 is 9.21 Å². The number of rotatable bonds is 4. The Morgan fingerprint density at radius 1 is 1.27 bits per heavy atom. The van der Waals surface area contributed by atoms with Crippen molar-refractivity contribution >= 4 is 30.7 Å². The largest absolute Gasteiger partial charge is 0.440 e. The van der Waals surface area contributed by atoms with Crippen LogP contribution in [0.3, 0.4) is 0 Å². The maximum absolute atomic E-state index is 12.5. The molecule has 2 unspecified atom stereocenters. The van der Waals surface area contributed by atoms with E-state index in [-0.39, 0.29) is 36.8 Å². The summed E-state index contributed by atoms with van der Waals surface area (Å²) in [7, 11) is 0. The zero-order valence-corrected chi connectivity index (χ0v) is 17.0. The molecule has 1 aromatic carbocycles. The third-order valence-electron chi connectivity index (χ3n) is 4.78. The Morgan fingerprint density at radius 2 is 1.96 bits per heavy atom. The standard InChI is InChI=1S/C19H25N3O2.2ClH/c1-13-15(3)22(12-11-20-13)18(23)10-9-17-21-14(2)19(24-17)16-7-5-4-6-8-16;;/h4-8,13,15,20H,9-12H2,1-3H3;2*1H. The minimum absolute atomic E-state index is 0. The van der Waals surface area contributed by atoms with Gasteiger partial charge in [-0.1, -0.05) is 30.3 Å². The summed E-state index contributed by atoms with van der Waals surface area (Å²) in [5.74, 6) is 1.60. The molecular formula is C19H27Cl2N3O2. The Morgan fingerprint density at radius 3 is 2.65 bits per heavy atom. The zero-order chi connectivity index (χ0) is 17.1. The number of oxazole rings is 1. The number of piperazine rings is 1. The first kappa shape index (κ1) is 22.5. The Labute approximate surface area is 167 Å². The van der Waals surface area contributed by atoms with E-state index in [1.165, 1.54) is 0 Å². The smallest absolute Gasteiger partial charge is 0.223 e. The Kier molecular flexibility index (Phi) is 8.60. The molecule has 1 N–H and O–H groups in total.